The molecule has 0 spiro atoms. The van der Waals surface area contributed by atoms with Crippen LogP contribution in [0.4, 0.5) is 0 Å². The Morgan fingerprint density at radius 3 is 2.59 bits per heavy atom. The molecule has 1 aromatic carbocycles. The largest absolute Gasteiger partial charge is 0.341 e. The first-order valence-electron chi connectivity index (χ1n) is 7.59. The van der Waals surface area contributed by atoms with Gasteiger partial charge in [0.15, 0.2) is 0 Å². The molecule has 0 saturated heterocycles. The fraction of sp³-hybridized carbons (Fsp3) is 0.412. The van der Waals surface area contributed by atoms with E-state index in [4.69, 9.17) is 10.7 Å². The molecule has 2 heterocycles. The van der Waals surface area contributed by atoms with Crippen LogP contribution in [0.2, 0.25) is 0 Å². The zero-order valence-corrected chi connectivity index (χ0v) is 13.6. The van der Waals surface area contributed by atoms with Crippen LogP contribution < -0.4 is 5.73 Å². The lowest BCUT2D eigenvalue weighted by molar-refractivity contribution is 0.549. The number of benzene rings is 1. The molecule has 0 aliphatic heterocycles. The monoisotopic (exact) mass is 297 g/mol. The van der Waals surface area contributed by atoms with Gasteiger partial charge in [0, 0.05) is 19.0 Å². The Labute approximate surface area is 130 Å². The van der Waals surface area contributed by atoms with E-state index < -0.39 is 0 Å². The Hall–Kier alpha value is -2.14. The first-order valence-corrected chi connectivity index (χ1v) is 7.59. The fourth-order valence-corrected chi connectivity index (χ4v) is 2.68. The first-order chi connectivity index (χ1) is 10.4. The predicted octanol–water partition coefficient (Wildman–Crippen LogP) is 2.68. The SMILES string of the molecule is Cn1nc(C(C)(C)C)cc1C(CN)c1nc2ccccc2[nH]1. The van der Waals surface area contributed by atoms with Gasteiger partial charge in [-0.2, -0.15) is 5.10 Å². The Balaban J connectivity index is 2.06. The number of hydrogen-bond donors (Lipinski definition) is 2. The summed E-state index contributed by atoms with van der Waals surface area (Å²) in [5.41, 5.74) is 10.2. The summed E-state index contributed by atoms with van der Waals surface area (Å²) >= 11 is 0. The molecular formula is C17H23N5. The molecule has 0 aliphatic carbocycles. The van der Waals surface area contributed by atoms with Gasteiger partial charge in [-0.15, -0.1) is 0 Å². The molecule has 22 heavy (non-hydrogen) atoms. The number of aromatic amines is 1. The Morgan fingerprint density at radius 2 is 2.00 bits per heavy atom. The number of imidazole rings is 1. The molecule has 5 heteroatoms. The maximum Gasteiger partial charge on any atom is 0.117 e. The van der Waals surface area contributed by atoms with Crippen LogP contribution in [0.25, 0.3) is 11.0 Å². The number of nitrogens with one attached hydrogen (secondary N) is 1. The third-order valence-corrected chi connectivity index (χ3v) is 4.01. The molecule has 0 fully saturated rings. The van der Waals surface area contributed by atoms with Gasteiger partial charge in [-0.1, -0.05) is 32.9 Å². The van der Waals surface area contributed by atoms with Crippen molar-refractivity contribution in [2.24, 2.45) is 12.8 Å². The average molecular weight is 297 g/mol. The highest BCUT2D eigenvalue weighted by Crippen LogP contribution is 2.28. The lowest BCUT2D eigenvalue weighted by atomic mass is 9.91. The van der Waals surface area contributed by atoms with Crippen molar-refractivity contribution in [1.29, 1.82) is 0 Å². The van der Waals surface area contributed by atoms with Gasteiger partial charge < -0.3 is 10.7 Å². The second kappa shape index (κ2) is 5.25. The van der Waals surface area contributed by atoms with Crippen molar-refractivity contribution in [3.05, 3.63) is 47.5 Å². The highest BCUT2D eigenvalue weighted by atomic mass is 15.3. The predicted molar refractivity (Wildman–Crippen MR) is 88.9 cm³/mol. The van der Waals surface area contributed by atoms with Crippen LogP contribution >= 0.6 is 0 Å². The van der Waals surface area contributed by atoms with Crippen molar-refractivity contribution in [3.8, 4) is 0 Å². The molecular weight excluding hydrogens is 274 g/mol. The zero-order valence-electron chi connectivity index (χ0n) is 13.6. The molecule has 116 valence electrons. The first kappa shape index (κ1) is 14.8. The van der Waals surface area contributed by atoms with Crippen molar-refractivity contribution >= 4 is 11.0 Å². The minimum absolute atomic E-state index is 0.0148. The summed E-state index contributed by atoms with van der Waals surface area (Å²) < 4.78 is 1.92. The Bertz CT molecular complexity index is 758. The molecule has 0 radical (unpaired) electrons. The van der Waals surface area contributed by atoms with Gasteiger partial charge in [0.1, 0.15) is 5.82 Å². The van der Waals surface area contributed by atoms with Crippen molar-refractivity contribution in [3.63, 3.8) is 0 Å². The molecule has 3 N–H and O–H groups in total. The zero-order chi connectivity index (χ0) is 15.9. The van der Waals surface area contributed by atoms with Crippen LogP contribution in [0.5, 0.6) is 0 Å². The molecule has 0 saturated carbocycles. The van der Waals surface area contributed by atoms with Gasteiger partial charge in [-0.05, 0) is 18.2 Å². The van der Waals surface area contributed by atoms with Crippen LogP contribution in [0, 0.1) is 0 Å². The van der Waals surface area contributed by atoms with E-state index in [1.165, 1.54) is 0 Å². The summed E-state index contributed by atoms with van der Waals surface area (Å²) in [4.78, 5) is 8.08. The number of aromatic nitrogens is 4. The molecule has 0 aliphatic rings. The van der Waals surface area contributed by atoms with Crippen LogP contribution in [0.1, 0.15) is 43.9 Å². The van der Waals surface area contributed by atoms with Crippen molar-refractivity contribution < 1.29 is 0 Å². The molecule has 5 nitrogen and oxygen atoms in total. The smallest absolute Gasteiger partial charge is 0.117 e. The molecule has 3 rings (SSSR count). The standard InChI is InChI=1S/C17H23N5/c1-17(2,3)15-9-14(22(4)21-15)11(10-18)16-19-12-7-5-6-8-13(12)20-16/h5-9,11H,10,18H2,1-4H3,(H,19,20). The summed E-state index contributed by atoms with van der Waals surface area (Å²) in [5, 5.41) is 4.65. The highest BCUT2D eigenvalue weighted by Gasteiger charge is 2.25. The van der Waals surface area contributed by atoms with E-state index in [0.29, 0.717) is 6.54 Å². The van der Waals surface area contributed by atoms with Crippen LogP contribution in [0.3, 0.4) is 0 Å². The van der Waals surface area contributed by atoms with Crippen molar-refractivity contribution in [2.45, 2.75) is 32.1 Å². The van der Waals surface area contributed by atoms with E-state index in [9.17, 15) is 0 Å². The number of aryl methyl sites for hydroxylation is 1. The number of nitrogens with zero attached hydrogens (tertiary/aromatic N) is 3. The van der Waals surface area contributed by atoms with E-state index >= 15 is 0 Å². The van der Waals surface area contributed by atoms with Crippen molar-refractivity contribution in [1.82, 2.24) is 19.7 Å². The minimum Gasteiger partial charge on any atom is -0.341 e. The van der Waals surface area contributed by atoms with Gasteiger partial charge in [-0.3, -0.25) is 4.68 Å². The maximum absolute atomic E-state index is 6.04. The summed E-state index contributed by atoms with van der Waals surface area (Å²) in [6, 6.07) is 10.2. The van der Waals surface area contributed by atoms with Gasteiger partial charge >= 0.3 is 0 Å². The van der Waals surface area contributed by atoms with Gasteiger partial charge in [0.05, 0.1) is 28.3 Å². The fourth-order valence-electron chi connectivity index (χ4n) is 2.68. The second-order valence-corrected chi connectivity index (χ2v) is 6.76. The number of para-hydroxylation sites is 2. The van der Waals surface area contributed by atoms with E-state index in [1.807, 2.05) is 36.0 Å². The summed E-state index contributed by atoms with van der Waals surface area (Å²) in [5.74, 6) is 0.910. The third-order valence-electron chi connectivity index (χ3n) is 4.01. The van der Waals surface area contributed by atoms with E-state index in [2.05, 4.69) is 36.9 Å². The molecule has 1 atom stereocenters. The number of H-pyrrole nitrogens is 1. The van der Waals surface area contributed by atoms with E-state index in [1.54, 1.807) is 0 Å². The number of rotatable bonds is 3. The van der Waals surface area contributed by atoms with Crippen molar-refractivity contribution in [2.75, 3.05) is 6.54 Å². The van der Waals surface area contributed by atoms with Crippen LogP contribution in [-0.2, 0) is 12.5 Å². The number of fused-ring (bicyclic) bond motifs is 1. The minimum atomic E-state index is 0.0148. The van der Waals surface area contributed by atoms with Crippen LogP contribution in [0.15, 0.2) is 30.3 Å². The molecule has 0 amide bonds. The van der Waals surface area contributed by atoms with Gasteiger partial charge in [0.25, 0.3) is 0 Å². The summed E-state index contributed by atoms with van der Waals surface area (Å²) in [6.07, 6.45) is 0. The number of hydrogen-bond acceptors (Lipinski definition) is 3. The highest BCUT2D eigenvalue weighted by molar-refractivity contribution is 5.75. The number of nitrogens with two attached hydrogens (primary N) is 1. The molecule has 0 bridgehead atoms. The van der Waals surface area contributed by atoms with Crippen LogP contribution in [-0.4, -0.2) is 26.3 Å². The topological polar surface area (TPSA) is 72.5 Å². The molecule has 2 aromatic heterocycles. The second-order valence-electron chi connectivity index (χ2n) is 6.76. The Kier molecular flexibility index (Phi) is 3.53. The van der Waals surface area contributed by atoms with E-state index in [0.717, 1.165) is 28.2 Å². The van der Waals surface area contributed by atoms with Gasteiger partial charge in [-0.25, -0.2) is 4.98 Å². The Morgan fingerprint density at radius 1 is 1.27 bits per heavy atom. The molecule has 1 unspecified atom stereocenters. The lowest BCUT2D eigenvalue weighted by Gasteiger charge is -2.14. The summed E-state index contributed by atoms with van der Waals surface area (Å²) in [6.45, 7) is 6.98. The third kappa shape index (κ3) is 2.52. The normalized spacial score (nSPS) is 13.7. The average Bonchev–Trinajstić information content (AvgIpc) is 3.03. The molecule has 3 aromatic rings. The quantitative estimate of drug-likeness (QED) is 0.780. The van der Waals surface area contributed by atoms with Gasteiger partial charge in [0.2, 0.25) is 0 Å². The van der Waals surface area contributed by atoms with E-state index in [-0.39, 0.29) is 11.3 Å². The maximum atomic E-state index is 6.04. The lowest BCUT2D eigenvalue weighted by Crippen LogP contribution is -2.18. The summed E-state index contributed by atoms with van der Waals surface area (Å²) in [7, 11) is 1.97.